The number of alkyl halides is 3. The van der Waals surface area contributed by atoms with E-state index in [-0.39, 0.29) is 5.91 Å². The number of hydrogen-bond donors (Lipinski definition) is 0. The third kappa shape index (κ3) is 5.07. The van der Waals surface area contributed by atoms with Crippen LogP contribution in [0.1, 0.15) is 40.0 Å². The Balaban J connectivity index is 1.53. The fourth-order valence-corrected chi connectivity index (χ4v) is 3.96. The minimum absolute atomic E-state index is 0.220. The van der Waals surface area contributed by atoms with Gasteiger partial charge < -0.3 is 4.90 Å². The second kappa shape index (κ2) is 8.39. The van der Waals surface area contributed by atoms with Crippen molar-refractivity contribution in [2.24, 2.45) is 0 Å². The number of amides is 1. The molecule has 2 heterocycles. The highest BCUT2D eigenvalue weighted by atomic mass is 32.1. The first-order valence-corrected chi connectivity index (χ1v) is 9.87. The van der Waals surface area contributed by atoms with E-state index in [4.69, 9.17) is 0 Å². The number of hydrogen-bond acceptors (Lipinski definition) is 4. The SMILES string of the molecule is CCCc1nc(CN2CCN(C(=O)c3ccc(C(F)(F)F)cc3)CC2)cs1. The highest BCUT2D eigenvalue weighted by Crippen LogP contribution is 2.29. The average Bonchev–Trinajstić information content (AvgIpc) is 3.08. The highest BCUT2D eigenvalue weighted by Gasteiger charge is 2.30. The Labute approximate surface area is 160 Å². The first kappa shape index (κ1) is 19.8. The normalized spacial score (nSPS) is 15.9. The van der Waals surface area contributed by atoms with E-state index in [1.807, 2.05) is 0 Å². The smallest absolute Gasteiger partial charge is 0.336 e. The molecular formula is C19H22F3N3OS. The summed E-state index contributed by atoms with van der Waals surface area (Å²) in [6.45, 7) is 5.48. The van der Waals surface area contributed by atoms with Crippen LogP contribution >= 0.6 is 11.3 Å². The molecule has 1 aromatic heterocycles. The van der Waals surface area contributed by atoms with Crippen molar-refractivity contribution in [3.63, 3.8) is 0 Å². The van der Waals surface area contributed by atoms with Gasteiger partial charge in [0.05, 0.1) is 16.3 Å². The van der Waals surface area contributed by atoms with Gasteiger partial charge in [-0.2, -0.15) is 13.2 Å². The number of thiazole rings is 1. The number of carbonyl (C=O) groups is 1. The second-order valence-corrected chi connectivity index (χ2v) is 7.57. The molecule has 146 valence electrons. The lowest BCUT2D eigenvalue weighted by Gasteiger charge is -2.34. The molecule has 1 amide bonds. The molecule has 0 bridgehead atoms. The van der Waals surface area contributed by atoms with Crippen molar-refractivity contribution in [3.8, 4) is 0 Å². The summed E-state index contributed by atoms with van der Waals surface area (Å²) in [5, 5.41) is 3.24. The van der Waals surface area contributed by atoms with Crippen LogP contribution < -0.4 is 0 Å². The summed E-state index contributed by atoms with van der Waals surface area (Å²) in [6.07, 6.45) is -2.31. The molecular weight excluding hydrogens is 375 g/mol. The molecule has 27 heavy (non-hydrogen) atoms. The summed E-state index contributed by atoms with van der Waals surface area (Å²) in [5.74, 6) is -0.220. The lowest BCUT2D eigenvalue weighted by Crippen LogP contribution is -2.48. The van der Waals surface area contributed by atoms with Crippen LogP contribution in [0.25, 0.3) is 0 Å². The van der Waals surface area contributed by atoms with E-state index in [1.165, 1.54) is 12.1 Å². The first-order valence-electron chi connectivity index (χ1n) is 8.99. The van der Waals surface area contributed by atoms with E-state index in [2.05, 4.69) is 22.2 Å². The van der Waals surface area contributed by atoms with Crippen LogP contribution in [0.2, 0.25) is 0 Å². The lowest BCUT2D eigenvalue weighted by molar-refractivity contribution is -0.137. The predicted octanol–water partition coefficient (Wildman–Crippen LogP) is 4.07. The fourth-order valence-electron chi connectivity index (χ4n) is 3.07. The van der Waals surface area contributed by atoms with Crippen molar-refractivity contribution in [1.82, 2.24) is 14.8 Å². The van der Waals surface area contributed by atoms with E-state index in [0.717, 1.165) is 55.3 Å². The van der Waals surface area contributed by atoms with Crippen LogP contribution in [-0.4, -0.2) is 46.9 Å². The minimum atomic E-state index is -4.39. The molecule has 8 heteroatoms. The second-order valence-electron chi connectivity index (χ2n) is 6.63. The highest BCUT2D eigenvalue weighted by molar-refractivity contribution is 7.09. The number of carbonyl (C=O) groups excluding carboxylic acids is 1. The minimum Gasteiger partial charge on any atom is -0.336 e. The molecule has 0 radical (unpaired) electrons. The van der Waals surface area contributed by atoms with Gasteiger partial charge in [-0.15, -0.1) is 11.3 Å². The Kier molecular flexibility index (Phi) is 6.16. The number of halogens is 3. The van der Waals surface area contributed by atoms with Crippen molar-refractivity contribution in [3.05, 3.63) is 51.5 Å². The first-order chi connectivity index (χ1) is 12.9. The molecule has 0 unspecified atom stereocenters. The van der Waals surface area contributed by atoms with Crippen molar-refractivity contribution in [2.45, 2.75) is 32.5 Å². The van der Waals surface area contributed by atoms with Gasteiger partial charge in [-0.3, -0.25) is 9.69 Å². The molecule has 1 saturated heterocycles. The fraction of sp³-hybridized carbons (Fsp3) is 0.474. The standard InChI is InChI=1S/C19H22F3N3OS/c1-2-3-17-23-16(13-27-17)12-24-8-10-25(11-9-24)18(26)14-4-6-15(7-5-14)19(20,21)22/h4-7,13H,2-3,8-12H2,1H3. The number of nitrogens with zero attached hydrogens (tertiary/aromatic N) is 3. The van der Waals surface area contributed by atoms with Crippen LogP contribution in [0.15, 0.2) is 29.6 Å². The molecule has 4 nitrogen and oxygen atoms in total. The van der Waals surface area contributed by atoms with Crippen molar-refractivity contribution >= 4 is 17.2 Å². The summed E-state index contributed by atoms with van der Waals surface area (Å²) in [5.41, 5.74) is 0.612. The zero-order valence-corrected chi connectivity index (χ0v) is 15.9. The Morgan fingerprint density at radius 1 is 1.15 bits per heavy atom. The summed E-state index contributed by atoms with van der Waals surface area (Å²) in [4.78, 5) is 21.1. The summed E-state index contributed by atoms with van der Waals surface area (Å²) >= 11 is 1.69. The maximum atomic E-state index is 12.6. The molecule has 0 N–H and O–H groups in total. The molecule has 0 spiro atoms. The van der Waals surface area contributed by atoms with Gasteiger partial charge in [0.2, 0.25) is 0 Å². The van der Waals surface area contributed by atoms with Gasteiger partial charge in [0, 0.05) is 43.7 Å². The molecule has 0 saturated carbocycles. The zero-order valence-electron chi connectivity index (χ0n) is 15.1. The third-order valence-corrected chi connectivity index (χ3v) is 5.52. The molecule has 0 aliphatic carbocycles. The van der Waals surface area contributed by atoms with Gasteiger partial charge in [0.25, 0.3) is 5.91 Å². The Hall–Kier alpha value is -1.93. The number of piperazine rings is 1. The average molecular weight is 397 g/mol. The molecule has 1 fully saturated rings. The Morgan fingerprint density at radius 3 is 2.41 bits per heavy atom. The van der Waals surface area contributed by atoms with Gasteiger partial charge in [0.1, 0.15) is 0 Å². The van der Waals surface area contributed by atoms with Gasteiger partial charge >= 0.3 is 6.18 Å². The van der Waals surface area contributed by atoms with Crippen molar-refractivity contribution in [1.29, 1.82) is 0 Å². The van der Waals surface area contributed by atoms with E-state index >= 15 is 0 Å². The van der Waals surface area contributed by atoms with E-state index < -0.39 is 11.7 Å². The molecule has 2 aromatic rings. The molecule has 0 atom stereocenters. The topological polar surface area (TPSA) is 36.4 Å². The van der Waals surface area contributed by atoms with Gasteiger partial charge in [-0.25, -0.2) is 4.98 Å². The summed E-state index contributed by atoms with van der Waals surface area (Å²) in [7, 11) is 0. The van der Waals surface area contributed by atoms with E-state index in [0.29, 0.717) is 18.7 Å². The quantitative estimate of drug-likeness (QED) is 0.763. The molecule has 3 rings (SSSR count). The van der Waals surface area contributed by atoms with E-state index in [9.17, 15) is 18.0 Å². The number of aryl methyl sites for hydroxylation is 1. The van der Waals surface area contributed by atoms with E-state index in [1.54, 1.807) is 16.2 Å². The van der Waals surface area contributed by atoms with Crippen LogP contribution in [0.4, 0.5) is 13.2 Å². The maximum absolute atomic E-state index is 12.6. The van der Waals surface area contributed by atoms with Crippen LogP contribution in [0.3, 0.4) is 0 Å². The molecule has 1 aromatic carbocycles. The largest absolute Gasteiger partial charge is 0.416 e. The van der Waals surface area contributed by atoms with Crippen LogP contribution in [0, 0.1) is 0 Å². The number of benzene rings is 1. The van der Waals surface area contributed by atoms with Gasteiger partial charge in [-0.05, 0) is 37.1 Å². The lowest BCUT2D eigenvalue weighted by atomic mass is 10.1. The Bertz CT molecular complexity index is 765. The van der Waals surface area contributed by atoms with Crippen LogP contribution in [-0.2, 0) is 19.1 Å². The molecule has 1 aliphatic rings. The van der Waals surface area contributed by atoms with Crippen molar-refractivity contribution < 1.29 is 18.0 Å². The summed E-state index contributed by atoms with van der Waals surface area (Å²) in [6, 6.07) is 4.42. The van der Waals surface area contributed by atoms with Gasteiger partial charge in [-0.1, -0.05) is 6.92 Å². The van der Waals surface area contributed by atoms with Crippen LogP contribution in [0.5, 0.6) is 0 Å². The maximum Gasteiger partial charge on any atom is 0.416 e. The van der Waals surface area contributed by atoms with Gasteiger partial charge in [0.15, 0.2) is 0 Å². The summed E-state index contributed by atoms with van der Waals surface area (Å²) < 4.78 is 37.9. The predicted molar refractivity (Wildman–Crippen MR) is 98.7 cm³/mol. The van der Waals surface area contributed by atoms with Crippen molar-refractivity contribution in [2.75, 3.05) is 26.2 Å². The monoisotopic (exact) mass is 397 g/mol. The number of aromatic nitrogens is 1. The number of rotatable bonds is 5. The third-order valence-electron chi connectivity index (χ3n) is 4.57. The zero-order chi connectivity index (χ0) is 19.4. The molecule has 1 aliphatic heterocycles. The Morgan fingerprint density at radius 2 is 1.81 bits per heavy atom.